The molecule has 6 nitrogen and oxygen atoms in total. The number of ether oxygens (including phenoxy) is 2. The van der Waals surface area contributed by atoms with Crippen LogP contribution in [0, 0.1) is 5.82 Å². The first-order chi connectivity index (χ1) is 9.52. The zero-order chi connectivity index (χ0) is 14.7. The molecule has 2 atom stereocenters. The molecule has 1 fully saturated rings. The van der Waals surface area contributed by atoms with Crippen LogP contribution in [0.2, 0.25) is 0 Å². The number of methoxy groups -OCH3 is 1. The fourth-order valence-electron chi connectivity index (χ4n) is 2.03. The predicted molar refractivity (Wildman–Crippen MR) is 66.2 cm³/mol. The van der Waals surface area contributed by atoms with Gasteiger partial charge in [-0.1, -0.05) is 0 Å². The molecule has 0 aliphatic carbocycles. The Bertz CT molecular complexity index is 533. The number of carbonyl (C=O) groups excluding carboxylic acids is 1. The Morgan fingerprint density at radius 1 is 1.50 bits per heavy atom. The number of nitrogens with one attached hydrogen (secondary N) is 1. The van der Waals surface area contributed by atoms with Crippen molar-refractivity contribution >= 4 is 11.9 Å². The standard InChI is InChI=1S/C13H14FNO5/c1-19-7-2-3-8(9(14)6-7)12(16)15-10-4-5-20-11(10)13(17)18/h2-3,6,10-11H,4-5H2,1H3,(H,15,16)(H,17,18)/t10-,11+/m1/s1. The van der Waals surface area contributed by atoms with Crippen molar-refractivity contribution < 1.29 is 28.6 Å². The number of aliphatic carboxylic acids is 1. The van der Waals surface area contributed by atoms with Crippen LogP contribution in [0.3, 0.4) is 0 Å². The quantitative estimate of drug-likeness (QED) is 0.854. The highest BCUT2D eigenvalue weighted by Crippen LogP contribution is 2.18. The molecule has 2 rings (SSSR count). The van der Waals surface area contributed by atoms with Crippen molar-refractivity contribution in [2.24, 2.45) is 0 Å². The number of benzene rings is 1. The lowest BCUT2D eigenvalue weighted by Gasteiger charge is -2.16. The number of rotatable bonds is 4. The molecule has 108 valence electrons. The van der Waals surface area contributed by atoms with Crippen LogP contribution in [-0.2, 0) is 9.53 Å². The molecule has 1 saturated heterocycles. The van der Waals surface area contributed by atoms with E-state index in [0.717, 1.165) is 6.07 Å². The molecule has 1 aromatic carbocycles. The van der Waals surface area contributed by atoms with Crippen molar-refractivity contribution in [3.05, 3.63) is 29.6 Å². The van der Waals surface area contributed by atoms with Gasteiger partial charge < -0.3 is 19.9 Å². The first-order valence-corrected chi connectivity index (χ1v) is 6.01. The van der Waals surface area contributed by atoms with Gasteiger partial charge in [0.25, 0.3) is 5.91 Å². The highest BCUT2D eigenvalue weighted by molar-refractivity contribution is 5.95. The number of hydrogen-bond acceptors (Lipinski definition) is 4. The Labute approximate surface area is 114 Å². The van der Waals surface area contributed by atoms with E-state index in [1.54, 1.807) is 0 Å². The van der Waals surface area contributed by atoms with Gasteiger partial charge in [0.05, 0.1) is 18.7 Å². The molecule has 0 unspecified atom stereocenters. The number of hydrogen-bond donors (Lipinski definition) is 2. The summed E-state index contributed by atoms with van der Waals surface area (Å²) in [5.41, 5.74) is -0.165. The van der Waals surface area contributed by atoms with Crippen LogP contribution in [0.25, 0.3) is 0 Å². The Morgan fingerprint density at radius 3 is 2.85 bits per heavy atom. The molecular formula is C13H14FNO5. The zero-order valence-corrected chi connectivity index (χ0v) is 10.8. The van der Waals surface area contributed by atoms with E-state index >= 15 is 0 Å². The Balaban J connectivity index is 2.10. The summed E-state index contributed by atoms with van der Waals surface area (Å²) in [6.45, 7) is 0.243. The number of amides is 1. The smallest absolute Gasteiger partial charge is 0.334 e. The molecule has 0 radical (unpaired) electrons. The van der Waals surface area contributed by atoms with Crippen LogP contribution in [0.5, 0.6) is 5.75 Å². The molecule has 1 aliphatic rings. The summed E-state index contributed by atoms with van der Waals surface area (Å²) in [6.07, 6.45) is -0.722. The van der Waals surface area contributed by atoms with E-state index < -0.39 is 29.8 Å². The largest absolute Gasteiger partial charge is 0.497 e. The fourth-order valence-corrected chi connectivity index (χ4v) is 2.03. The normalized spacial score (nSPS) is 21.5. The third-order valence-corrected chi connectivity index (χ3v) is 3.07. The lowest BCUT2D eigenvalue weighted by molar-refractivity contribution is -0.148. The molecule has 0 aromatic heterocycles. The van der Waals surface area contributed by atoms with Gasteiger partial charge in [-0.05, 0) is 18.6 Å². The van der Waals surface area contributed by atoms with E-state index in [1.165, 1.54) is 19.2 Å². The van der Waals surface area contributed by atoms with Gasteiger partial charge in [0.1, 0.15) is 11.6 Å². The number of carbonyl (C=O) groups is 2. The van der Waals surface area contributed by atoms with Crippen molar-refractivity contribution in [3.63, 3.8) is 0 Å². The first kappa shape index (κ1) is 14.3. The lowest BCUT2D eigenvalue weighted by Crippen LogP contribution is -2.44. The topological polar surface area (TPSA) is 84.9 Å². The van der Waals surface area contributed by atoms with Crippen LogP contribution in [0.1, 0.15) is 16.8 Å². The summed E-state index contributed by atoms with van der Waals surface area (Å²) in [5, 5.41) is 11.4. The minimum absolute atomic E-state index is 0.165. The monoisotopic (exact) mass is 283 g/mol. The van der Waals surface area contributed by atoms with E-state index in [9.17, 15) is 14.0 Å². The highest BCUT2D eigenvalue weighted by atomic mass is 19.1. The van der Waals surface area contributed by atoms with Gasteiger partial charge in [-0.3, -0.25) is 4.79 Å². The predicted octanol–water partition coefficient (Wildman–Crippen LogP) is 0.806. The number of carboxylic acid groups (broad SMARTS) is 1. The average Bonchev–Trinajstić information content (AvgIpc) is 2.86. The molecule has 0 spiro atoms. The maximum Gasteiger partial charge on any atom is 0.334 e. The van der Waals surface area contributed by atoms with Crippen molar-refractivity contribution in [2.75, 3.05) is 13.7 Å². The van der Waals surface area contributed by atoms with Gasteiger partial charge in [-0.15, -0.1) is 0 Å². The van der Waals surface area contributed by atoms with Crippen LogP contribution in [0.15, 0.2) is 18.2 Å². The van der Waals surface area contributed by atoms with E-state index in [1.807, 2.05) is 0 Å². The summed E-state index contributed by atoms with van der Waals surface area (Å²) < 4.78 is 23.6. The van der Waals surface area contributed by atoms with E-state index in [2.05, 4.69) is 5.32 Å². The summed E-state index contributed by atoms with van der Waals surface area (Å²) in [7, 11) is 1.39. The van der Waals surface area contributed by atoms with Gasteiger partial charge in [0, 0.05) is 12.7 Å². The van der Waals surface area contributed by atoms with Gasteiger partial charge in [-0.2, -0.15) is 0 Å². The molecule has 7 heteroatoms. The minimum atomic E-state index is -1.15. The first-order valence-electron chi connectivity index (χ1n) is 6.01. The van der Waals surface area contributed by atoms with E-state index in [-0.39, 0.29) is 12.2 Å². The Hall–Kier alpha value is -2.15. The van der Waals surface area contributed by atoms with Crippen LogP contribution in [0.4, 0.5) is 4.39 Å². The second kappa shape index (κ2) is 5.87. The summed E-state index contributed by atoms with van der Waals surface area (Å²) >= 11 is 0. The number of halogens is 1. The minimum Gasteiger partial charge on any atom is -0.497 e. The van der Waals surface area contributed by atoms with Crippen molar-refractivity contribution in [1.29, 1.82) is 0 Å². The SMILES string of the molecule is COc1ccc(C(=O)N[C@@H]2CCO[C@@H]2C(=O)O)c(F)c1. The molecule has 0 saturated carbocycles. The molecule has 20 heavy (non-hydrogen) atoms. The van der Waals surface area contributed by atoms with Crippen LogP contribution >= 0.6 is 0 Å². The second-order valence-electron chi connectivity index (χ2n) is 4.34. The molecular weight excluding hydrogens is 269 g/mol. The number of carboxylic acids is 1. The average molecular weight is 283 g/mol. The van der Waals surface area contributed by atoms with Crippen molar-refractivity contribution in [3.8, 4) is 5.75 Å². The molecule has 0 bridgehead atoms. The zero-order valence-electron chi connectivity index (χ0n) is 10.8. The maximum atomic E-state index is 13.7. The highest BCUT2D eigenvalue weighted by Gasteiger charge is 2.35. The third-order valence-electron chi connectivity index (χ3n) is 3.07. The Kier molecular flexibility index (Phi) is 4.19. The van der Waals surface area contributed by atoms with Gasteiger partial charge >= 0.3 is 5.97 Å². The van der Waals surface area contributed by atoms with Gasteiger partial charge in [0.15, 0.2) is 6.10 Å². The Morgan fingerprint density at radius 2 is 2.25 bits per heavy atom. The molecule has 1 amide bonds. The van der Waals surface area contributed by atoms with E-state index in [4.69, 9.17) is 14.6 Å². The lowest BCUT2D eigenvalue weighted by atomic mass is 10.1. The van der Waals surface area contributed by atoms with E-state index in [0.29, 0.717) is 12.2 Å². The van der Waals surface area contributed by atoms with Crippen LogP contribution < -0.4 is 10.1 Å². The summed E-state index contributed by atoms with van der Waals surface area (Å²) in [4.78, 5) is 22.9. The summed E-state index contributed by atoms with van der Waals surface area (Å²) in [6, 6.07) is 3.17. The second-order valence-corrected chi connectivity index (χ2v) is 4.34. The third kappa shape index (κ3) is 2.88. The summed E-state index contributed by atoms with van der Waals surface area (Å²) in [5.74, 6) is -2.26. The van der Waals surface area contributed by atoms with Crippen molar-refractivity contribution in [1.82, 2.24) is 5.32 Å². The molecule has 1 heterocycles. The van der Waals surface area contributed by atoms with Crippen LogP contribution in [-0.4, -0.2) is 42.8 Å². The van der Waals surface area contributed by atoms with Gasteiger partial charge in [0.2, 0.25) is 0 Å². The van der Waals surface area contributed by atoms with Crippen molar-refractivity contribution in [2.45, 2.75) is 18.6 Å². The molecule has 1 aromatic rings. The maximum absolute atomic E-state index is 13.7. The fraction of sp³-hybridized carbons (Fsp3) is 0.385. The van der Waals surface area contributed by atoms with Gasteiger partial charge in [-0.25, -0.2) is 9.18 Å². The molecule has 1 aliphatic heterocycles. The molecule has 2 N–H and O–H groups in total.